The molecule has 2 aromatic heterocycles. The molecule has 1 atom stereocenters. The zero-order valence-corrected chi connectivity index (χ0v) is 11.2. The Balaban J connectivity index is 1.94. The Kier molecular flexibility index (Phi) is 3.70. The van der Waals surface area contributed by atoms with Crippen molar-refractivity contribution in [2.45, 2.75) is 12.5 Å². The maximum absolute atomic E-state index is 12.0. The van der Waals surface area contributed by atoms with Gasteiger partial charge in [0.1, 0.15) is 5.76 Å². The molecule has 3 N–H and O–H groups in total. The lowest BCUT2D eigenvalue weighted by Crippen LogP contribution is -2.18. The molecular weight excluding hydrogens is 270 g/mol. The zero-order valence-electron chi connectivity index (χ0n) is 11.2. The van der Waals surface area contributed by atoms with Crippen LogP contribution in [0.5, 0.6) is 0 Å². The first-order valence-electron chi connectivity index (χ1n) is 6.68. The molecule has 0 amide bonds. The van der Waals surface area contributed by atoms with Crippen molar-refractivity contribution in [2.24, 2.45) is 0 Å². The summed E-state index contributed by atoms with van der Waals surface area (Å²) in [5.41, 5.74) is 0.413. The number of aromatic nitrogens is 2. The van der Waals surface area contributed by atoms with Crippen molar-refractivity contribution in [3.63, 3.8) is 0 Å². The van der Waals surface area contributed by atoms with E-state index in [9.17, 15) is 4.79 Å². The predicted octanol–water partition coefficient (Wildman–Crippen LogP) is 2.05. The number of furan rings is 1. The average Bonchev–Trinajstić information content (AvgIpc) is 3.01. The van der Waals surface area contributed by atoms with Gasteiger partial charge in [-0.15, -0.1) is 0 Å². The molecule has 6 nitrogen and oxygen atoms in total. The van der Waals surface area contributed by atoms with E-state index in [1.165, 1.54) is 0 Å². The molecule has 0 fully saturated rings. The van der Waals surface area contributed by atoms with Crippen LogP contribution in [0.25, 0.3) is 10.9 Å². The van der Waals surface area contributed by atoms with Crippen LogP contribution in [0.3, 0.4) is 0 Å². The minimum atomic E-state index is -0.255. The number of anilines is 1. The molecule has 2 heterocycles. The highest BCUT2D eigenvalue weighted by Crippen LogP contribution is 2.21. The summed E-state index contributed by atoms with van der Waals surface area (Å²) in [6.07, 6.45) is 2.02. The molecule has 21 heavy (non-hydrogen) atoms. The Morgan fingerprint density at radius 3 is 2.90 bits per heavy atom. The van der Waals surface area contributed by atoms with Crippen molar-refractivity contribution >= 4 is 16.9 Å². The number of nitrogens with zero attached hydrogens (tertiary/aromatic N) is 1. The van der Waals surface area contributed by atoms with E-state index in [4.69, 9.17) is 9.52 Å². The summed E-state index contributed by atoms with van der Waals surface area (Å²) < 4.78 is 5.34. The smallest absolute Gasteiger partial charge is 0.260 e. The molecule has 1 unspecified atom stereocenters. The second-order valence-electron chi connectivity index (χ2n) is 4.66. The maximum Gasteiger partial charge on any atom is 0.260 e. The number of aliphatic hydroxyl groups is 1. The Bertz CT molecular complexity index is 780. The van der Waals surface area contributed by atoms with Crippen molar-refractivity contribution in [1.29, 1.82) is 0 Å². The highest BCUT2D eigenvalue weighted by molar-refractivity contribution is 5.78. The van der Waals surface area contributed by atoms with E-state index in [0.717, 1.165) is 0 Å². The van der Waals surface area contributed by atoms with E-state index in [0.29, 0.717) is 29.0 Å². The molecule has 108 valence electrons. The topological polar surface area (TPSA) is 91.2 Å². The monoisotopic (exact) mass is 285 g/mol. The van der Waals surface area contributed by atoms with Crippen LogP contribution in [0.4, 0.5) is 5.95 Å². The van der Waals surface area contributed by atoms with Gasteiger partial charge in [-0.1, -0.05) is 12.1 Å². The molecular formula is C15H15N3O3. The van der Waals surface area contributed by atoms with Crippen LogP contribution >= 0.6 is 0 Å². The zero-order chi connectivity index (χ0) is 14.7. The summed E-state index contributed by atoms with van der Waals surface area (Å²) in [6.45, 7) is -0.00379. The van der Waals surface area contributed by atoms with Crippen LogP contribution in [-0.4, -0.2) is 21.7 Å². The van der Waals surface area contributed by atoms with E-state index < -0.39 is 0 Å². The number of fused-ring (bicyclic) bond motifs is 1. The highest BCUT2D eigenvalue weighted by atomic mass is 16.3. The fraction of sp³-hybridized carbons (Fsp3) is 0.200. The van der Waals surface area contributed by atoms with Crippen LogP contribution in [-0.2, 0) is 0 Å². The number of para-hydroxylation sites is 1. The van der Waals surface area contributed by atoms with Gasteiger partial charge in [0, 0.05) is 6.61 Å². The standard InChI is InChI=1S/C15H15N3O3/c19-8-7-12(13-6-3-9-21-13)17-15-16-11-5-2-1-4-10(11)14(20)18-15/h1-6,9,12,19H,7-8H2,(H2,16,17,18,20). The van der Waals surface area contributed by atoms with Crippen LogP contribution in [0.2, 0.25) is 0 Å². The van der Waals surface area contributed by atoms with Crippen LogP contribution < -0.4 is 10.9 Å². The summed E-state index contributed by atoms with van der Waals surface area (Å²) in [7, 11) is 0. The fourth-order valence-electron chi connectivity index (χ4n) is 2.22. The Labute approximate surface area is 120 Å². The summed E-state index contributed by atoms with van der Waals surface area (Å²) >= 11 is 0. The van der Waals surface area contributed by atoms with E-state index in [-0.39, 0.29) is 18.2 Å². The Morgan fingerprint density at radius 1 is 1.29 bits per heavy atom. The van der Waals surface area contributed by atoms with Gasteiger partial charge in [0.2, 0.25) is 5.95 Å². The Hall–Kier alpha value is -2.60. The molecule has 0 saturated heterocycles. The molecule has 3 aromatic rings. The highest BCUT2D eigenvalue weighted by Gasteiger charge is 2.15. The van der Waals surface area contributed by atoms with Crippen LogP contribution in [0.1, 0.15) is 18.2 Å². The van der Waals surface area contributed by atoms with E-state index in [1.54, 1.807) is 30.5 Å². The molecule has 0 radical (unpaired) electrons. The van der Waals surface area contributed by atoms with E-state index in [1.807, 2.05) is 12.1 Å². The molecule has 0 aliphatic carbocycles. The minimum absolute atomic E-state index is 0.00379. The van der Waals surface area contributed by atoms with Gasteiger partial charge in [-0.25, -0.2) is 4.98 Å². The number of nitrogens with one attached hydrogen (secondary N) is 2. The number of hydrogen-bond donors (Lipinski definition) is 3. The SMILES string of the molecule is O=c1[nH]c(NC(CCO)c2ccco2)nc2ccccc12. The molecule has 3 rings (SSSR count). The van der Waals surface area contributed by atoms with Gasteiger partial charge in [-0.05, 0) is 30.7 Å². The number of aromatic amines is 1. The second-order valence-corrected chi connectivity index (χ2v) is 4.66. The van der Waals surface area contributed by atoms with E-state index in [2.05, 4.69) is 15.3 Å². The Morgan fingerprint density at radius 2 is 2.14 bits per heavy atom. The van der Waals surface area contributed by atoms with Crippen molar-refractivity contribution in [3.8, 4) is 0 Å². The van der Waals surface area contributed by atoms with Gasteiger partial charge in [-0.2, -0.15) is 0 Å². The summed E-state index contributed by atoms with van der Waals surface area (Å²) in [6, 6.07) is 10.5. The summed E-state index contributed by atoms with van der Waals surface area (Å²) in [4.78, 5) is 19.1. The van der Waals surface area contributed by atoms with Crippen molar-refractivity contribution in [3.05, 3.63) is 58.8 Å². The van der Waals surface area contributed by atoms with E-state index >= 15 is 0 Å². The van der Waals surface area contributed by atoms with Crippen LogP contribution in [0.15, 0.2) is 51.9 Å². The largest absolute Gasteiger partial charge is 0.467 e. The van der Waals surface area contributed by atoms with Gasteiger partial charge in [0.15, 0.2) is 0 Å². The van der Waals surface area contributed by atoms with Gasteiger partial charge < -0.3 is 14.8 Å². The first-order chi connectivity index (χ1) is 10.3. The number of rotatable bonds is 5. The first-order valence-corrected chi connectivity index (χ1v) is 6.68. The fourth-order valence-corrected chi connectivity index (χ4v) is 2.22. The number of aliphatic hydroxyl groups excluding tert-OH is 1. The molecule has 0 bridgehead atoms. The molecule has 6 heteroatoms. The average molecular weight is 285 g/mol. The quantitative estimate of drug-likeness (QED) is 0.667. The van der Waals surface area contributed by atoms with Gasteiger partial charge in [-0.3, -0.25) is 9.78 Å². The van der Waals surface area contributed by atoms with Crippen molar-refractivity contribution in [2.75, 3.05) is 11.9 Å². The van der Waals surface area contributed by atoms with Gasteiger partial charge in [0.05, 0.1) is 23.2 Å². The second kappa shape index (κ2) is 5.80. The van der Waals surface area contributed by atoms with Crippen molar-refractivity contribution in [1.82, 2.24) is 9.97 Å². The third kappa shape index (κ3) is 2.80. The molecule has 0 saturated carbocycles. The lowest BCUT2D eigenvalue weighted by atomic mass is 10.1. The summed E-state index contributed by atoms with van der Waals surface area (Å²) in [5.74, 6) is 1.04. The van der Waals surface area contributed by atoms with Gasteiger partial charge in [0.25, 0.3) is 5.56 Å². The first kappa shape index (κ1) is 13.4. The third-order valence-electron chi connectivity index (χ3n) is 3.23. The minimum Gasteiger partial charge on any atom is -0.467 e. The summed E-state index contributed by atoms with van der Waals surface area (Å²) in [5, 5.41) is 12.8. The lowest BCUT2D eigenvalue weighted by molar-refractivity contribution is 0.273. The normalized spacial score (nSPS) is 12.4. The predicted molar refractivity (Wildman–Crippen MR) is 79.1 cm³/mol. The van der Waals surface area contributed by atoms with Crippen molar-refractivity contribution < 1.29 is 9.52 Å². The number of benzene rings is 1. The maximum atomic E-state index is 12.0. The van der Waals surface area contributed by atoms with Crippen LogP contribution in [0, 0.1) is 0 Å². The molecule has 1 aromatic carbocycles. The third-order valence-corrected chi connectivity index (χ3v) is 3.23. The van der Waals surface area contributed by atoms with Gasteiger partial charge >= 0.3 is 0 Å². The molecule has 0 aliphatic heterocycles. The molecule has 0 spiro atoms. The number of hydrogen-bond acceptors (Lipinski definition) is 5. The molecule has 0 aliphatic rings. The lowest BCUT2D eigenvalue weighted by Gasteiger charge is -2.15. The number of H-pyrrole nitrogens is 1.